The third-order valence-electron chi connectivity index (χ3n) is 2.91. The molecule has 0 radical (unpaired) electrons. The minimum Gasteiger partial charge on any atom is -0.476 e. The Morgan fingerprint density at radius 1 is 1.27 bits per heavy atom. The number of hydrogen-bond donors (Lipinski definition) is 1. The molecule has 0 bridgehead atoms. The molecule has 0 saturated heterocycles. The summed E-state index contributed by atoms with van der Waals surface area (Å²) in [6, 6.07) is 10.2. The van der Waals surface area contributed by atoms with Gasteiger partial charge in [-0.15, -0.1) is 11.3 Å². The fourth-order valence-electron chi connectivity index (χ4n) is 1.93. The predicted molar refractivity (Wildman–Crippen MR) is 76.6 cm³/mol. The zero-order valence-corrected chi connectivity index (χ0v) is 11.8. The van der Waals surface area contributed by atoms with Crippen molar-refractivity contribution in [3.05, 3.63) is 53.2 Å². The Kier molecular flexibility index (Phi) is 3.68. The molecule has 0 fully saturated rings. The maximum Gasteiger partial charge on any atom is 0.355 e. The molecule has 8 heteroatoms. The molecule has 0 amide bonds. The van der Waals surface area contributed by atoms with Crippen molar-refractivity contribution in [2.75, 3.05) is 0 Å². The molecule has 0 unspecified atom stereocenters. The van der Waals surface area contributed by atoms with Crippen LogP contribution in [0, 0.1) is 0 Å². The highest BCUT2D eigenvalue weighted by atomic mass is 32.1. The van der Waals surface area contributed by atoms with E-state index < -0.39 is 12.4 Å². The van der Waals surface area contributed by atoms with Gasteiger partial charge < -0.3 is 5.11 Å². The maximum absolute atomic E-state index is 12.9. The number of carboxylic acid groups (broad SMARTS) is 1. The minimum atomic E-state index is -2.72. The molecule has 3 rings (SSSR count). The van der Waals surface area contributed by atoms with E-state index in [1.165, 1.54) is 16.1 Å². The highest BCUT2D eigenvalue weighted by Gasteiger charge is 2.20. The molecule has 0 saturated carbocycles. The summed E-state index contributed by atoms with van der Waals surface area (Å²) in [5.74, 6) is -1.18. The van der Waals surface area contributed by atoms with E-state index in [-0.39, 0.29) is 16.5 Å². The number of halogens is 2. The van der Waals surface area contributed by atoms with Crippen LogP contribution >= 0.6 is 11.3 Å². The van der Waals surface area contributed by atoms with E-state index in [4.69, 9.17) is 5.11 Å². The van der Waals surface area contributed by atoms with Gasteiger partial charge in [-0.2, -0.15) is 5.10 Å². The number of carbonyl (C=O) groups is 1. The Bertz CT molecular complexity index is 815. The lowest BCUT2D eigenvalue weighted by molar-refractivity contribution is 0.0691. The van der Waals surface area contributed by atoms with Gasteiger partial charge in [0.15, 0.2) is 5.69 Å². The highest BCUT2D eigenvalue weighted by molar-refractivity contribution is 7.12. The minimum absolute atomic E-state index is 0.145. The number of nitrogens with zero attached hydrogens (tertiary/aromatic N) is 3. The van der Waals surface area contributed by atoms with Crippen LogP contribution in [0.15, 0.2) is 41.8 Å². The first-order valence-electron chi connectivity index (χ1n) is 6.19. The van der Waals surface area contributed by atoms with Crippen molar-refractivity contribution >= 4 is 17.3 Å². The van der Waals surface area contributed by atoms with Crippen molar-refractivity contribution in [3.8, 4) is 16.4 Å². The number of alkyl halides is 2. The number of thiazole rings is 1. The van der Waals surface area contributed by atoms with Crippen molar-refractivity contribution in [1.29, 1.82) is 0 Å². The molecule has 5 nitrogen and oxygen atoms in total. The smallest absolute Gasteiger partial charge is 0.355 e. The third kappa shape index (κ3) is 2.60. The summed E-state index contributed by atoms with van der Waals surface area (Å²) in [7, 11) is 0. The van der Waals surface area contributed by atoms with Gasteiger partial charge in [-0.1, -0.05) is 30.3 Å². The highest BCUT2D eigenvalue weighted by Crippen LogP contribution is 2.29. The van der Waals surface area contributed by atoms with Gasteiger partial charge in [-0.3, -0.25) is 0 Å². The molecule has 0 aliphatic heterocycles. The molecular formula is C14H9F2N3O2S. The van der Waals surface area contributed by atoms with Crippen molar-refractivity contribution < 1.29 is 18.7 Å². The standard InChI is InChI=1S/C14H9F2N3O2S/c15-12(16)9-6-11(8-4-2-1-3-5-8)19(18-9)14-17-10(7-22-14)13(20)21/h1-7,12H,(H,20,21). The van der Waals surface area contributed by atoms with Gasteiger partial charge in [0.25, 0.3) is 6.43 Å². The first-order valence-corrected chi connectivity index (χ1v) is 7.07. The first kappa shape index (κ1) is 14.3. The Labute approximate surface area is 127 Å². The van der Waals surface area contributed by atoms with Crippen molar-refractivity contribution in [3.63, 3.8) is 0 Å². The third-order valence-corrected chi connectivity index (χ3v) is 3.73. The molecule has 1 N–H and O–H groups in total. The number of aromatic carboxylic acids is 1. The second-order valence-electron chi connectivity index (χ2n) is 4.35. The average molecular weight is 321 g/mol. The SMILES string of the molecule is O=C(O)c1csc(-n2nc(C(F)F)cc2-c2ccccc2)n1. The number of carboxylic acids is 1. The summed E-state index contributed by atoms with van der Waals surface area (Å²) in [5.41, 5.74) is 0.593. The van der Waals surface area contributed by atoms with Crippen LogP contribution in [0.5, 0.6) is 0 Å². The molecule has 0 atom stereocenters. The lowest BCUT2D eigenvalue weighted by Crippen LogP contribution is -2.02. The van der Waals surface area contributed by atoms with Gasteiger partial charge in [0.05, 0.1) is 5.69 Å². The van der Waals surface area contributed by atoms with Crippen LogP contribution in [-0.4, -0.2) is 25.8 Å². The fourth-order valence-corrected chi connectivity index (χ4v) is 2.69. The number of hydrogen-bond acceptors (Lipinski definition) is 4. The molecule has 1 aromatic carbocycles. The zero-order valence-electron chi connectivity index (χ0n) is 11.0. The maximum atomic E-state index is 12.9. The average Bonchev–Trinajstić information content (AvgIpc) is 3.15. The number of rotatable bonds is 4. The summed E-state index contributed by atoms with van der Waals surface area (Å²) in [6.07, 6.45) is -2.72. The van der Waals surface area contributed by atoms with Gasteiger partial charge in [0.1, 0.15) is 5.69 Å². The lowest BCUT2D eigenvalue weighted by Gasteiger charge is -2.03. The number of aromatic nitrogens is 3. The molecule has 22 heavy (non-hydrogen) atoms. The summed E-state index contributed by atoms with van der Waals surface area (Å²) in [6.45, 7) is 0. The van der Waals surface area contributed by atoms with Crippen LogP contribution in [0.3, 0.4) is 0 Å². The van der Waals surface area contributed by atoms with E-state index in [0.29, 0.717) is 11.3 Å². The van der Waals surface area contributed by atoms with E-state index in [1.807, 2.05) is 6.07 Å². The molecule has 0 spiro atoms. The van der Waals surface area contributed by atoms with Crippen molar-refractivity contribution in [1.82, 2.24) is 14.8 Å². The fraction of sp³-hybridized carbons (Fsp3) is 0.0714. The lowest BCUT2D eigenvalue weighted by atomic mass is 10.1. The predicted octanol–water partition coefficient (Wildman–Crippen LogP) is 3.63. The van der Waals surface area contributed by atoms with Crippen LogP contribution in [0.1, 0.15) is 22.6 Å². The van der Waals surface area contributed by atoms with E-state index in [2.05, 4.69) is 10.1 Å². The quantitative estimate of drug-likeness (QED) is 0.797. The Hall–Kier alpha value is -2.61. The van der Waals surface area contributed by atoms with E-state index in [1.54, 1.807) is 24.3 Å². The molecule has 0 aliphatic carbocycles. The van der Waals surface area contributed by atoms with Crippen LogP contribution in [0.25, 0.3) is 16.4 Å². The van der Waals surface area contributed by atoms with Gasteiger partial charge in [-0.25, -0.2) is 23.2 Å². The van der Waals surface area contributed by atoms with Gasteiger partial charge in [0, 0.05) is 10.9 Å². The summed E-state index contributed by atoms with van der Waals surface area (Å²) < 4.78 is 27.1. The van der Waals surface area contributed by atoms with Gasteiger partial charge in [0.2, 0.25) is 5.13 Å². The topological polar surface area (TPSA) is 68.0 Å². The molecule has 2 heterocycles. The van der Waals surface area contributed by atoms with E-state index in [0.717, 1.165) is 11.3 Å². The van der Waals surface area contributed by atoms with Crippen LogP contribution < -0.4 is 0 Å². The van der Waals surface area contributed by atoms with E-state index >= 15 is 0 Å². The molecular weight excluding hydrogens is 312 g/mol. The summed E-state index contributed by atoms with van der Waals surface area (Å²) in [4.78, 5) is 14.8. The van der Waals surface area contributed by atoms with E-state index in [9.17, 15) is 13.6 Å². The normalized spacial score (nSPS) is 11.0. The van der Waals surface area contributed by atoms with Crippen molar-refractivity contribution in [2.24, 2.45) is 0 Å². The van der Waals surface area contributed by atoms with Gasteiger partial charge in [-0.05, 0) is 6.07 Å². The first-order chi connectivity index (χ1) is 10.6. The van der Waals surface area contributed by atoms with Crippen molar-refractivity contribution in [2.45, 2.75) is 6.43 Å². The molecule has 3 aromatic rings. The van der Waals surface area contributed by atoms with Crippen LogP contribution in [-0.2, 0) is 0 Å². The Morgan fingerprint density at radius 2 is 2.00 bits per heavy atom. The second-order valence-corrected chi connectivity index (χ2v) is 5.19. The van der Waals surface area contributed by atoms with Gasteiger partial charge >= 0.3 is 5.97 Å². The Morgan fingerprint density at radius 3 is 2.59 bits per heavy atom. The monoisotopic (exact) mass is 321 g/mol. The molecule has 112 valence electrons. The Balaban J connectivity index is 2.14. The number of benzene rings is 1. The zero-order chi connectivity index (χ0) is 15.7. The summed E-state index contributed by atoms with van der Waals surface area (Å²) in [5, 5.41) is 14.3. The molecule has 2 aromatic heterocycles. The second kappa shape index (κ2) is 5.64. The van der Waals surface area contributed by atoms with Crippen LogP contribution in [0.4, 0.5) is 8.78 Å². The van der Waals surface area contributed by atoms with Crippen LogP contribution in [0.2, 0.25) is 0 Å². The largest absolute Gasteiger partial charge is 0.476 e. The molecule has 0 aliphatic rings. The summed E-state index contributed by atoms with van der Waals surface area (Å²) >= 11 is 1.03.